The van der Waals surface area contributed by atoms with E-state index in [0.717, 1.165) is 38.5 Å². The Morgan fingerprint density at radius 2 is 0.447 bits per heavy atom. The van der Waals surface area contributed by atoms with Gasteiger partial charge in [0.2, 0.25) is 5.91 Å². The molecule has 1 amide bonds. The third kappa shape index (κ3) is 58.0. The number of carbonyl (C=O) groups excluding carboxylic acids is 1. The Morgan fingerprint density at radius 3 is 0.632 bits per heavy atom. The Kier molecular flexibility index (Phi) is 64.5. The first-order valence-electron chi connectivity index (χ1n) is 35.4. The fraction of sp³-hybridized carbons (Fsp3) is 0.986. The van der Waals surface area contributed by atoms with E-state index in [2.05, 4.69) is 19.2 Å². The summed E-state index contributed by atoms with van der Waals surface area (Å²) in [4.78, 5) is 12.7. The third-order valence-electron chi connectivity index (χ3n) is 17.3. The lowest BCUT2D eigenvalue weighted by molar-refractivity contribution is -0.132. The van der Waals surface area contributed by atoms with Gasteiger partial charge in [-0.25, -0.2) is 0 Å². The highest BCUT2D eigenvalue weighted by Gasteiger charge is 2.28. The molecule has 0 aliphatic carbocycles. The summed E-state index contributed by atoms with van der Waals surface area (Å²) in [7, 11) is 0. The van der Waals surface area contributed by atoms with Crippen LogP contribution in [-0.2, 0) is 4.79 Å². The van der Waals surface area contributed by atoms with Crippen molar-refractivity contribution >= 4 is 5.91 Å². The largest absolute Gasteiger partial charge is 0.394 e. The Balaban J connectivity index is 3.50. The first-order valence-corrected chi connectivity index (χ1v) is 35.4. The molecule has 76 heavy (non-hydrogen) atoms. The van der Waals surface area contributed by atoms with E-state index < -0.39 is 36.9 Å². The Labute approximate surface area is 477 Å². The first kappa shape index (κ1) is 75.3. The van der Waals surface area contributed by atoms with E-state index in [-0.39, 0.29) is 0 Å². The molecule has 0 saturated carbocycles. The number of aliphatic hydroxyl groups excluding tert-OH is 4. The Bertz CT molecular complexity index is 1070. The van der Waals surface area contributed by atoms with Gasteiger partial charge < -0.3 is 25.7 Å². The number of unbranched alkanes of at least 4 members (excludes halogenated alkanes) is 58. The second-order valence-electron chi connectivity index (χ2n) is 25.0. The zero-order valence-corrected chi connectivity index (χ0v) is 52.1. The maximum atomic E-state index is 12.7. The van der Waals surface area contributed by atoms with E-state index in [1.54, 1.807) is 0 Å². The molecule has 456 valence electrons. The van der Waals surface area contributed by atoms with Gasteiger partial charge in [-0.15, -0.1) is 0 Å². The highest BCUT2D eigenvalue weighted by Crippen LogP contribution is 2.20. The summed E-state index contributed by atoms with van der Waals surface area (Å²) in [6, 6.07) is -0.982. The fourth-order valence-electron chi connectivity index (χ4n) is 11.8. The molecule has 0 radical (unpaired) electrons. The highest BCUT2D eigenvalue weighted by atomic mass is 16.3. The Morgan fingerprint density at radius 1 is 0.276 bits per heavy atom. The number of amides is 1. The summed E-state index contributed by atoms with van der Waals surface area (Å²) < 4.78 is 0. The van der Waals surface area contributed by atoms with Crippen LogP contribution in [0.25, 0.3) is 0 Å². The predicted molar refractivity (Wildman–Crippen MR) is 335 cm³/mol. The van der Waals surface area contributed by atoms with E-state index in [9.17, 15) is 25.2 Å². The molecule has 4 atom stereocenters. The van der Waals surface area contributed by atoms with Crippen LogP contribution in [0.2, 0.25) is 0 Å². The third-order valence-corrected chi connectivity index (χ3v) is 17.3. The van der Waals surface area contributed by atoms with E-state index >= 15 is 0 Å². The van der Waals surface area contributed by atoms with E-state index in [1.807, 2.05) is 0 Å². The lowest BCUT2D eigenvalue weighted by Gasteiger charge is -2.27. The summed E-state index contributed by atoms with van der Waals surface area (Å²) in [6.45, 7) is 4.12. The fourth-order valence-corrected chi connectivity index (χ4v) is 11.8. The van der Waals surface area contributed by atoms with Gasteiger partial charge in [0.05, 0.1) is 18.8 Å². The van der Waals surface area contributed by atoms with Crippen LogP contribution in [0, 0.1) is 0 Å². The Hall–Kier alpha value is -0.690. The number of carbonyl (C=O) groups is 1. The molecular weight excluding hydrogens is 935 g/mol. The lowest BCUT2D eigenvalue weighted by Crippen LogP contribution is -2.53. The van der Waals surface area contributed by atoms with Crippen molar-refractivity contribution in [2.75, 3.05) is 6.61 Å². The minimum Gasteiger partial charge on any atom is -0.394 e. The molecule has 0 bridgehead atoms. The first-order chi connectivity index (χ1) is 37.5. The number of rotatable bonds is 67. The smallest absolute Gasteiger partial charge is 0.249 e. The second kappa shape index (κ2) is 65.1. The molecule has 0 spiro atoms. The average Bonchev–Trinajstić information content (AvgIpc) is 3.42. The number of hydrogen-bond acceptors (Lipinski definition) is 5. The van der Waals surface area contributed by atoms with E-state index in [4.69, 9.17) is 0 Å². The summed E-state index contributed by atoms with van der Waals surface area (Å²) in [5, 5.41) is 44.3. The zero-order valence-electron chi connectivity index (χ0n) is 52.1. The normalized spacial score (nSPS) is 13.4. The van der Waals surface area contributed by atoms with Crippen molar-refractivity contribution in [1.82, 2.24) is 5.32 Å². The molecule has 0 rings (SSSR count). The standard InChI is InChI=1S/C70H141NO5/c1-3-5-7-9-11-13-15-17-19-21-23-25-27-29-31-33-34-36-37-39-41-43-45-47-49-51-53-55-57-59-61-63-67(73)69(75)66(65-72)71-70(76)68(74)64-62-60-58-56-54-52-50-48-46-44-42-40-38-35-32-30-28-26-24-22-20-18-16-14-12-10-8-6-4-2/h66-69,72-75H,3-65H2,1-2H3,(H,71,76). The molecule has 6 nitrogen and oxygen atoms in total. The molecule has 0 aliphatic rings. The van der Waals surface area contributed by atoms with Crippen molar-refractivity contribution < 1.29 is 25.2 Å². The number of nitrogens with one attached hydrogen (secondary N) is 1. The van der Waals surface area contributed by atoms with Gasteiger partial charge in [0.15, 0.2) is 0 Å². The van der Waals surface area contributed by atoms with Crippen LogP contribution in [0.1, 0.15) is 412 Å². The minimum absolute atomic E-state index is 0.377. The van der Waals surface area contributed by atoms with Gasteiger partial charge in [0.25, 0.3) is 0 Å². The zero-order chi connectivity index (χ0) is 55.1. The molecule has 5 N–H and O–H groups in total. The van der Waals surface area contributed by atoms with Crippen LogP contribution in [0.4, 0.5) is 0 Å². The van der Waals surface area contributed by atoms with Gasteiger partial charge in [-0.3, -0.25) is 4.79 Å². The molecule has 0 aromatic rings. The van der Waals surface area contributed by atoms with Crippen molar-refractivity contribution in [3.8, 4) is 0 Å². The van der Waals surface area contributed by atoms with E-state index in [1.165, 1.54) is 347 Å². The van der Waals surface area contributed by atoms with Crippen LogP contribution in [0.15, 0.2) is 0 Å². The number of hydrogen-bond donors (Lipinski definition) is 5. The molecule has 0 aliphatic heterocycles. The lowest BCUT2D eigenvalue weighted by atomic mass is 9.99. The maximum absolute atomic E-state index is 12.7. The van der Waals surface area contributed by atoms with E-state index in [0.29, 0.717) is 12.8 Å². The summed E-state index contributed by atoms with van der Waals surface area (Å²) in [5.41, 5.74) is 0. The van der Waals surface area contributed by atoms with Gasteiger partial charge in [-0.05, 0) is 12.8 Å². The highest BCUT2D eigenvalue weighted by molar-refractivity contribution is 5.80. The molecule has 0 fully saturated rings. The van der Waals surface area contributed by atoms with Gasteiger partial charge in [0.1, 0.15) is 12.2 Å². The van der Waals surface area contributed by atoms with Gasteiger partial charge in [-0.2, -0.15) is 0 Å². The summed E-state index contributed by atoms with van der Waals surface area (Å²) >= 11 is 0. The van der Waals surface area contributed by atoms with Crippen LogP contribution in [-0.4, -0.2) is 57.3 Å². The molecule has 6 heteroatoms. The molecule has 0 aromatic carbocycles. The van der Waals surface area contributed by atoms with Crippen LogP contribution < -0.4 is 5.32 Å². The van der Waals surface area contributed by atoms with Crippen LogP contribution in [0.3, 0.4) is 0 Å². The monoisotopic (exact) mass is 1080 g/mol. The summed E-state index contributed by atoms with van der Waals surface area (Å²) in [5.74, 6) is -0.573. The number of aliphatic hydroxyl groups is 4. The van der Waals surface area contributed by atoms with Gasteiger partial charge in [-0.1, -0.05) is 399 Å². The topological polar surface area (TPSA) is 110 Å². The van der Waals surface area contributed by atoms with Crippen molar-refractivity contribution in [1.29, 1.82) is 0 Å². The van der Waals surface area contributed by atoms with Crippen molar-refractivity contribution in [2.45, 2.75) is 436 Å². The SMILES string of the molecule is CCCCCCCCCCCCCCCCCCCCCCCCCCCCCCCCCC(O)C(O)C(CO)NC(=O)C(O)CCCCCCCCCCCCCCCCCCCCCCCCCCCCCCC. The molecule has 0 aromatic heterocycles. The minimum atomic E-state index is -1.26. The maximum Gasteiger partial charge on any atom is 0.249 e. The van der Waals surface area contributed by atoms with Crippen LogP contribution >= 0.6 is 0 Å². The van der Waals surface area contributed by atoms with Crippen molar-refractivity contribution in [2.24, 2.45) is 0 Å². The van der Waals surface area contributed by atoms with Gasteiger partial charge in [0, 0.05) is 0 Å². The molecule has 4 unspecified atom stereocenters. The molecule has 0 heterocycles. The predicted octanol–water partition coefficient (Wildman–Crippen LogP) is 21.8. The summed E-state index contributed by atoms with van der Waals surface area (Å²) in [6.07, 6.45) is 79.5. The molecular formula is C70H141NO5. The van der Waals surface area contributed by atoms with Crippen molar-refractivity contribution in [3.63, 3.8) is 0 Å². The van der Waals surface area contributed by atoms with Gasteiger partial charge >= 0.3 is 0 Å². The average molecular weight is 1080 g/mol. The second-order valence-corrected chi connectivity index (χ2v) is 25.0. The quantitative estimate of drug-likeness (QED) is 0.0390. The van der Waals surface area contributed by atoms with Crippen molar-refractivity contribution in [3.05, 3.63) is 0 Å². The molecule has 0 saturated heterocycles. The van der Waals surface area contributed by atoms with Crippen LogP contribution in [0.5, 0.6) is 0 Å².